The van der Waals surface area contributed by atoms with Gasteiger partial charge in [-0.1, -0.05) is 0 Å². The molecule has 4 nitrogen and oxygen atoms in total. The van der Waals surface area contributed by atoms with Gasteiger partial charge in [0.1, 0.15) is 0 Å². The summed E-state index contributed by atoms with van der Waals surface area (Å²) in [5.74, 6) is -0.0633. The third-order valence-electron chi connectivity index (χ3n) is 1.56. The average Bonchev–Trinajstić information content (AvgIpc) is 2.32. The normalized spacial score (nSPS) is 10.0. The number of rotatable bonds is 1. The topological polar surface area (TPSA) is 49.0 Å². The van der Waals surface area contributed by atoms with Gasteiger partial charge in [-0.25, -0.2) is 0 Å². The molecule has 66 valence electrons. The summed E-state index contributed by atoms with van der Waals surface area (Å²) in [6.45, 7) is 1.88. The maximum atomic E-state index is 11.4. The molecule has 0 fully saturated rings. The number of nitrogens with zero attached hydrogens (tertiary/aromatic N) is 2. The number of aromatic amines is 1. The molecule has 0 unspecified atom stereocenters. The zero-order valence-corrected chi connectivity index (χ0v) is 9.34. The number of nitrogens with one attached hydrogen (secondary N) is 1. The number of H-pyrrole nitrogens is 1. The number of carbonyl (C=O) groups is 1. The second-order valence-electron chi connectivity index (χ2n) is 2.71. The van der Waals surface area contributed by atoms with E-state index >= 15 is 0 Å². The molecule has 12 heavy (non-hydrogen) atoms. The first kappa shape index (κ1) is 9.50. The maximum absolute atomic E-state index is 11.4. The molecule has 5 heteroatoms. The molecule has 0 saturated carbocycles. The Balaban J connectivity index is 3.04. The quantitative estimate of drug-likeness (QED) is 0.780. The van der Waals surface area contributed by atoms with E-state index in [2.05, 4.69) is 32.8 Å². The standard InChI is InChI=1S/C7H10IN3O/c1-4-5(7(12)11(2)3)9-10-6(4)8/h1-3H3,(H,9,10). The molecule has 0 radical (unpaired) electrons. The molecule has 1 heterocycles. The van der Waals surface area contributed by atoms with Gasteiger partial charge in [0, 0.05) is 19.7 Å². The van der Waals surface area contributed by atoms with Crippen molar-refractivity contribution in [3.8, 4) is 0 Å². The summed E-state index contributed by atoms with van der Waals surface area (Å²) in [5.41, 5.74) is 1.42. The van der Waals surface area contributed by atoms with Crippen LogP contribution in [0.2, 0.25) is 0 Å². The monoisotopic (exact) mass is 279 g/mol. The van der Waals surface area contributed by atoms with Crippen LogP contribution in [0.1, 0.15) is 16.1 Å². The highest BCUT2D eigenvalue weighted by molar-refractivity contribution is 14.1. The van der Waals surface area contributed by atoms with Gasteiger partial charge >= 0.3 is 0 Å². The van der Waals surface area contributed by atoms with Gasteiger partial charge in [-0.15, -0.1) is 0 Å². The summed E-state index contributed by atoms with van der Waals surface area (Å²) >= 11 is 2.11. The minimum atomic E-state index is -0.0633. The van der Waals surface area contributed by atoms with Crippen LogP contribution in [-0.2, 0) is 0 Å². The lowest BCUT2D eigenvalue weighted by Crippen LogP contribution is -2.22. The van der Waals surface area contributed by atoms with Crippen LogP contribution >= 0.6 is 22.6 Å². The molecule has 0 aliphatic rings. The molecule has 0 aromatic carbocycles. The van der Waals surface area contributed by atoms with Gasteiger partial charge in [0.05, 0.1) is 3.70 Å². The van der Waals surface area contributed by atoms with Crippen LogP contribution in [0.3, 0.4) is 0 Å². The second-order valence-corrected chi connectivity index (χ2v) is 3.79. The van der Waals surface area contributed by atoms with E-state index in [0.29, 0.717) is 5.69 Å². The first-order chi connectivity index (χ1) is 5.54. The van der Waals surface area contributed by atoms with E-state index in [1.807, 2.05) is 6.92 Å². The number of hydrogen-bond acceptors (Lipinski definition) is 2. The number of hydrogen-bond donors (Lipinski definition) is 1. The van der Waals surface area contributed by atoms with Gasteiger partial charge in [-0.3, -0.25) is 9.89 Å². The van der Waals surface area contributed by atoms with Crippen LogP contribution in [0.15, 0.2) is 0 Å². The Morgan fingerprint density at radius 2 is 2.17 bits per heavy atom. The Morgan fingerprint density at radius 3 is 2.50 bits per heavy atom. The van der Waals surface area contributed by atoms with E-state index < -0.39 is 0 Å². The highest BCUT2D eigenvalue weighted by atomic mass is 127. The molecule has 1 aromatic rings. The minimum Gasteiger partial charge on any atom is -0.343 e. The fraction of sp³-hybridized carbons (Fsp3) is 0.429. The molecule has 1 amide bonds. The first-order valence-corrected chi connectivity index (χ1v) is 4.54. The van der Waals surface area contributed by atoms with E-state index in [4.69, 9.17) is 0 Å². The zero-order valence-electron chi connectivity index (χ0n) is 7.18. The third-order valence-corrected chi connectivity index (χ3v) is 2.61. The smallest absolute Gasteiger partial charge is 0.274 e. The predicted molar refractivity (Wildman–Crippen MR) is 54.1 cm³/mol. The highest BCUT2D eigenvalue weighted by Gasteiger charge is 2.15. The van der Waals surface area contributed by atoms with E-state index in [-0.39, 0.29) is 5.91 Å². The Hall–Kier alpha value is -0.590. The lowest BCUT2D eigenvalue weighted by Gasteiger charge is -2.07. The van der Waals surface area contributed by atoms with Crippen molar-refractivity contribution < 1.29 is 4.79 Å². The summed E-state index contributed by atoms with van der Waals surface area (Å²) in [5, 5.41) is 6.67. The van der Waals surface area contributed by atoms with Crippen molar-refractivity contribution in [2.45, 2.75) is 6.92 Å². The van der Waals surface area contributed by atoms with E-state index in [9.17, 15) is 4.79 Å². The number of halogens is 1. The Kier molecular flexibility index (Phi) is 2.71. The van der Waals surface area contributed by atoms with Crippen LogP contribution in [0.25, 0.3) is 0 Å². The maximum Gasteiger partial charge on any atom is 0.274 e. The third kappa shape index (κ3) is 1.60. The van der Waals surface area contributed by atoms with E-state index in [1.165, 1.54) is 4.90 Å². The predicted octanol–water partition coefficient (Wildman–Crippen LogP) is 1.02. The van der Waals surface area contributed by atoms with Crippen molar-refractivity contribution in [3.05, 3.63) is 15.0 Å². The summed E-state index contributed by atoms with van der Waals surface area (Å²) in [6.07, 6.45) is 0. The van der Waals surface area contributed by atoms with Gasteiger partial charge in [0.25, 0.3) is 5.91 Å². The second kappa shape index (κ2) is 3.42. The highest BCUT2D eigenvalue weighted by Crippen LogP contribution is 2.12. The van der Waals surface area contributed by atoms with Crippen LogP contribution < -0.4 is 0 Å². The van der Waals surface area contributed by atoms with Crippen molar-refractivity contribution in [3.63, 3.8) is 0 Å². The Bertz CT molecular complexity index is 306. The van der Waals surface area contributed by atoms with Gasteiger partial charge in [-0.05, 0) is 29.5 Å². The molecule has 0 aliphatic carbocycles. The van der Waals surface area contributed by atoms with Gasteiger partial charge in [0.2, 0.25) is 0 Å². The summed E-state index contributed by atoms with van der Waals surface area (Å²) < 4.78 is 0.915. The Labute approximate surface area is 84.5 Å². The Morgan fingerprint density at radius 1 is 1.58 bits per heavy atom. The van der Waals surface area contributed by atoms with Crippen molar-refractivity contribution in [2.24, 2.45) is 0 Å². The largest absolute Gasteiger partial charge is 0.343 e. The van der Waals surface area contributed by atoms with Crippen molar-refractivity contribution in [1.29, 1.82) is 0 Å². The molecular weight excluding hydrogens is 269 g/mol. The summed E-state index contributed by atoms with van der Waals surface area (Å²) in [4.78, 5) is 12.9. The van der Waals surface area contributed by atoms with Gasteiger partial charge in [0.15, 0.2) is 5.69 Å². The van der Waals surface area contributed by atoms with Crippen molar-refractivity contribution >= 4 is 28.5 Å². The molecule has 1 N–H and O–H groups in total. The number of amides is 1. The minimum absolute atomic E-state index is 0.0633. The van der Waals surface area contributed by atoms with Crippen LogP contribution in [-0.4, -0.2) is 35.1 Å². The molecular formula is C7H10IN3O. The lowest BCUT2D eigenvalue weighted by molar-refractivity contribution is 0.0821. The zero-order chi connectivity index (χ0) is 9.30. The fourth-order valence-electron chi connectivity index (χ4n) is 0.797. The molecule has 1 rings (SSSR count). The summed E-state index contributed by atoms with van der Waals surface area (Å²) in [6, 6.07) is 0. The molecule has 0 saturated heterocycles. The van der Waals surface area contributed by atoms with E-state index in [0.717, 1.165) is 9.26 Å². The van der Waals surface area contributed by atoms with Gasteiger partial charge in [-0.2, -0.15) is 5.10 Å². The molecule has 0 bridgehead atoms. The summed E-state index contributed by atoms with van der Waals surface area (Å²) in [7, 11) is 3.42. The van der Waals surface area contributed by atoms with Crippen LogP contribution in [0.5, 0.6) is 0 Å². The molecule has 1 aromatic heterocycles. The van der Waals surface area contributed by atoms with E-state index in [1.54, 1.807) is 14.1 Å². The fourth-order valence-corrected chi connectivity index (χ4v) is 1.17. The van der Waals surface area contributed by atoms with Crippen molar-refractivity contribution in [2.75, 3.05) is 14.1 Å². The molecule has 0 aliphatic heterocycles. The molecule has 0 atom stereocenters. The molecule has 0 spiro atoms. The van der Waals surface area contributed by atoms with Gasteiger partial charge < -0.3 is 4.90 Å². The first-order valence-electron chi connectivity index (χ1n) is 3.46. The average molecular weight is 279 g/mol. The van der Waals surface area contributed by atoms with Crippen LogP contribution in [0.4, 0.5) is 0 Å². The lowest BCUT2D eigenvalue weighted by atomic mass is 10.2. The van der Waals surface area contributed by atoms with Crippen molar-refractivity contribution in [1.82, 2.24) is 15.1 Å². The number of carbonyl (C=O) groups excluding carboxylic acids is 1. The SMILES string of the molecule is Cc1c(C(=O)N(C)C)n[nH]c1I. The van der Waals surface area contributed by atoms with Crippen LogP contribution in [0, 0.1) is 10.6 Å². The number of aromatic nitrogens is 2.